The Morgan fingerprint density at radius 2 is 1.33 bits per heavy atom. The average molecular weight is 605 g/mol. The third-order valence-corrected chi connectivity index (χ3v) is 5.73. The molecule has 242 valence electrons. The summed E-state index contributed by atoms with van der Waals surface area (Å²) in [6, 6.07) is -4.01. The summed E-state index contributed by atoms with van der Waals surface area (Å²) < 4.78 is 10.7. The number of nitrogens with zero attached hydrogens (tertiary/aromatic N) is 1. The zero-order chi connectivity index (χ0) is 31.8. The number of nitrogens with one attached hydrogen (secondary N) is 5. The molecule has 3 amide bonds. The van der Waals surface area contributed by atoms with E-state index in [0.717, 1.165) is 0 Å². The van der Waals surface area contributed by atoms with Crippen molar-refractivity contribution in [2.75, 3.05) is 60.2 Å². The SMILES string of the molecule is CNCCCC[C@@H](NC(=O)[C@H](CC(=O)O)NC(=O)C(CCCN=C(N)N)NC(=O)CCOCCOCCNC)C(=O)O. The van der Waals surface area contributed by atoms with E-state index in [-0.39, 0.29) is 51.4 Å². The van der Waals surface area contributed by atoms with Gasteiger partial charge in [-0.2, -0.15) is 0 Å². The normalized spacial score (nSPS) is 12.9. The van der Waals surface area contributed by atoms with Gasteiger partial charge >= 0.3 is 11.9 Å². The zero-order valence-corrected chi connectivity index (χ0v) is 24.5. The lowest BCUT2D eigenvalue weighted by Gasteiger charge is -2.24. The Kier molecular flexibility index (Phi) is 22.1. The molecule has 0 fully saturated rings. The maximum atomic E-state index is 13.1. The van der Waals surface area contributed by atoms with Crippen LogP contribution in [0, 0.1) is 0 Å². The first kappa shape index (κ1) is 38.5. The Morgan fingerprint density at radius 1 is 0.738 bits per heavy atom. The fourth-order valence-corrected chi connectivity index (χ4v) is 3.54. The predicted molar refractivity (Wildman–Crippen MR) is 154 cm³/mol. The summed E-state index contributed by atoms with van der Waals surface area (Å²) in [5.74, 6) is -5.14. The van der Waals surface area contributed by atoms with Crippen LogP contribution in [-0.2, 0) is 33.4 Å². The van der Waals surface area contributed by atoms with Crippen LogP contribution in [0.2, 0.25) is 0 Å². The quantitative estimate of drug-likeness (QED) is 0.0272. The lowest BCUT2D eigenvalue weighted by atomic mass is 10.1. The van der Waals surface area contributed by atoms with Gasteiger partial charge in [0.1, 0.15) is 18.1 Å². The van der Waals surface area contributed by atoms with Crippen molar-refractivity contribution in [2.45, 2.75) is 63.1 Å². The molecule has 42 heavy (non-hydrogen) atoms. The number of likely N-dealkylation sites (N-methyl/N-ethyl adjacent to an activating group) is 1. The molecular formula is C25H48N8O9. The van der Waals surface area contributed by atoms with E-state index in [1.54, 1.807) is 14.1 Å². The van der Waals surface area contributed by atoms with Crippen molar-refractivity contribution in [3.63, 3.8) is 0 Å². The molecule has 0 aromatic carbocycles. The van der Waals surface area contributed by atoms with E-state index < -0.39 is 54.2 Å². The molecule has 0 aromatic heterocycles. The van der Waals surface area contributed by atoms with Gasteiger partial charge in [0.2, 0.25) is 17.7 Å². The summed E-state index contributed by atoms with van der Waals surface area (Å²) in [4.78, 5) is 65.4. The van der Waals surface area contributed by atoms with E-state index in [9.17, 15) is 34.2 Å². The number of carbonyl (C=O) groups is 5. The number of guanidine groups is 1. The van der Waals surface area contributed by atoms with Crippen molar-refractivity contribution in [3.05, 3.63) is 0 Å². The number of aliphatic carboxylic acids is 2. The second-order valence-electron chi connectivity index (χ2n) is 9.30. The van der Waals surface area contributed by atoms with Crippen LogP contribution >= 0.6 is 0 Å². The van der Waals surface area contributed by atoms with Gasteiger partial charge < -0.3 is 57.7 Å². The van der Waals surface area contributed by atoms with E-state index in [0.29, 0.717) is 39.1 Å². The molecule has 17 nitrogen and oxygen atoms in total. The molecule has 0 aliphatic carbocycles. The molecule has 0 aliphatic heterocycles. The van der Waals surface area contributed by atoms with E-state index >= 15 is 0 Å². The van der Waals surface area contributed by atoms with Gasteiger partial charge in [0, 0.05) is 19.5 Å². The molecule has 0 spiro atoms. The highest BCUT2D eigenvalue weighted by Gasteiger charge is 2.30. The zero-order valence-electron chi connectivity index (χ0n) is 24.5. The maximum Gasteiger partial charge on any atom is 0.326 e. The van der Waals surface area contributed by atoms with Crippen molar-refractivity contribution in [1.29, 1.82) is 0 Å². The monoisotopic (exact) mass is 604 g/mol. The number of amides is 3. The minimum atomic E-state index is -1.59. The fourth-order valence-electron chi connectivity index (χ4n) is 3.54. The summed E-state index contributed by atoms with van der Waals surface area (Å²) in [6.45, 7) is 2.73. The molecule has 0 heterocycles. The van der Waals surface area contributed by atoms with Gasteiger partial charge in [0.05, 0.1) is 32.8 Å². The number of aliphatic imine (C=N–C) groups is 1. The largest absolute Gasteiger partial charge is 0.481 e. The molecule has 0 rings (SSSR count). The number of ether oxygens (including phenoxy) is 2. The van der Waals surface area contributed by atoms with Crippen LogP contribution in [0.4, 0.5) is 0 Å². The van der Waals surface area contributed by atoms with Crippen molar-refractivity contribution in [2.24, 2.45) is 16.5 Å². The molecule has 1 unspecified atom stereocenters. The Hall–Kier alpha value is -3.54. The highest BCUT2D eigenvalue weighted by atomic mass is 16.5. The minimum Gasteiger partial charge on any atom is -0.481 e. The molecule has 0 saturated carbocycles. The summed E-state index contributed by atoms with van der Waals surface area (Å²) >= 11 is 0. The number of carboxylic acids is 2. The number of rotatable bonds is 26. The number of carboxylic acid groups (broad SMARTS) is 2. The summed E-state index contributed by atoms with van der Waals surface area (Å²) in [5, 5.41) is 31.9. The average Bonchev–Trinajstić information content (AvgIpc) is 2.92. The second-order valence-corrected chi connectivity index (χ2v) is 9.30. The lowest BCUT2D eigenvalue weighted by molar-refractivity contribution is -0.143. The van der Waals surface area contributed by atoms with Crippen LogP contribution in [0.25, 0.3) is 0 Å². The van der Waals surface area contributed by atoms with Gasteiger partial charge in [-0.1, -0.05) is 0 Å². The molecular weight excluding hydrogens is 556 g/mol. The summed E-state index contributed by atoms with van der Waals surface area (Å²) in [7, 11) is 3.56. The van der Waals surface area contributed by atoms with Crippen LogP contribution in [0.5, 0.6) is 0 Å². The molecule has 0 aliphatic rings. The van der Waals surface area contributed by atoms with Gasteiger partial charge in [0.25, 0.3) is 0 Å². The van der Waals surface area contributed by atoms with Gasteiger partial charge in [-0.25, -0.2) is 4.79 Å². The van der Waals surface area contributed by atoms with Crippen molar-refractivity contribution < 1.29 is 43.7 Å². The third kappa shape index (κ3) is 20.4. The number of hydrogen-bond donors (Lipinski definition) is 9. The van der Waals surface area contributed by atoms with Gasteiger partial charge in [0.15, 0.2) is 5.96 Å². The molecule has 11 N–H and O–H groups in total. The first-order valence-electron chi connectivity index (χ1n) is 13.9. The van der Waals surface area contributed by atoms with Gasteiger partial charge in [-0.05, 0) is 52.7 Å². The van der Waals surface area contributed by atoms with E-state index in [1.807, 2.05) is 0 Å². The molecule has 3 atom stereocenters. The van der Waals surface area contributed by atoms with Crippen molar-refractivity contribution in [3.8, 4) is 0 Å². The molecule has 0 bridgehead atoms. The second kappa shape index (κ2) is 24.1. The maximum absolute atomic E-state index is 13.1. The van der Waals surface area contributed by atoms with Crippen LogP contribution in [0.1, 0.15) is 44.9 Å². The minimum absolute atomic E-state index is 0.0680. The lowest BCUT2D eigenvalue weighted by Crippen LogP contribution is -2.56. The van der Waals surface area contributed by atoms with Crippen LogP contribution in [-0.4, -0.2) is 124 Å². The highest BCUT2D eigenvalue weighted by Crippen LogP contribution is 2.05. The molecule has 0 saturated heterocycles. The number of hydrogen-bond acceptors (Lipinski definition) is 10. The Labute approximate surface area is 245 Å². The summed E-state index contributed by atoms with van der Waals surface area (Å²) in [5.41, 5.74) is 10.6. The topological polar surface area (TPSA) is 269 Å². The number of unbranched alkanes of at least 4 members (excludes halogenated alkanes) is 1. The van der Waals surface area contributed by atoms with Crippen molar-refractivity contribution >= 4 is 35.6 Å². The molecule has 0 aromatic rings. The van der Waals surface area contributed by atoms with Gasteiger partial charge in [-0.3, -0.25) is 24.2 Å². The Balaban J connectivity index is 5.27. The van der Waals surface area contributed by atoms with Gasteiger partial charge in [-0.15, -0.1) is 0 Å². The van der Waals surface area contributed by atoms with Crippen LogP contribution < -0.4 is 38.1 Å². The standard InChI is InChI=1S/C25H48N8O9/c1-28-9-4-3-6-18(24(39)40)32-23(38)19(16-21(35)36)33-22(37)17(7-5-10-30-25(26)27)31-20(34)8-12-41-14-15-42-13-11-29-2/h17-19,28-29H,3-16H2,1-2H3,(H,31,34)(H,32,38)(H,33,37)(H,35,36)(H,39,40)(H4,26,27,30)/t17?,18-,19+/m1/s1. The predicted octanol–water partition coefficient (Wildman–Crippen LogP) is -2.91. The number of nitrogens with two attached hydrogens (primary N) is 2. The number of carbonyl (C=O) groups excluding carboxylic acids is 3. The first-order chi connectivity index (χ1) is 20.0. The Morgan fingerprint density at radius 3 is 1.93 bits per heavy atom. The van der Waals surface area contributed by atoms with Crippen LogP contribution in [0.3, 0.4) is 0 Å². The van der Waals surface area contributed by atoms with E-state index in [1.165, 1.54) is 0 Å². The van der Waals surface area contributed by atoms with Crippen molar-refractivity contribution in [1.82, 2.24) is 26.6 Å². The van der Waals surface area contributed by atoms with E-state index in [2.05, 4.69) is 31.6 Å². The molecule has 0 radical (unpaired) electrons. The Bertz CT molecular complexity index is 856. The first-order valence-corrected chi connectivity index (χ1v) is 13.9. The smallest absolute Gasteiger partial charge is 0.326 e. The van der Waals surface area contributed by atoms with Crippen LogP contribution in [0.15, 0.2) is 4.99 Å². The summed E-state index contributed by atoms with van der Waals surface area (Å²) in [6.07, 6.45) is 0.750. The molecule has 17 heteroatoms. The fraction of sp³-hybridized carbons (Fsp3) is 0.760. The van der Waals surface area contributed by atoms with E-state index in [4.69, 9.17) is 20.9 Å². The third-order valence-electron chi connectivity index (χ3n) is 5.73. The highest BCUT2D eigenvalue weighted by molar-refractivity contribution is 5.95.